The molecule has 4 rings (SSSR count). The first-order chi connectivity index (χ1) is 12.7. The van der Waals surface area contributed by atoms with Crippen molar-refractivity contribution in [2.24, 2.45) is 0 Å². The fraction of sp³-hybridized carbons (Fsp3) is 0.417. The van der Waals surface area contributed by atoms with Crippen molar-refractivity contribution >= 4 is 10.9 Å². The van der Waals surface area contributed by atoms with E-state index in [2.05, 4.69) is 78.8 Å². The number of fused-ring (bicyclic) bond motifs is 3. The van der Waals surface area contributed by atoms with Crippen LogP contribution in [-0.2, 0) is 32.4 Å². The number of likely N-dealkylation sites (N-methyl/N-ethyl adjacent to an activating group) is 1. The lowest BCUT2D eigenvalue weighted by Gasteiger charge is -2.33. The van der Waals surface area contributed by atoms with E-state index in [0.717, 1.165) is 38.9 Å². The summed E-state index contributed by atoms with van der Waals surface area (Å²) in [6, 6.07) is 18.6. The second-order valence-electron chi connectivity index (χ2n) is 7.63. The Hall–Kier alpha value is -2.06. The molecule has 0 aliphatic carbocycles. The van der Waals surface area contributed by atoms with E-state index in [4.69, 9.17) is 0 Å². The van der Waals surface area contributed by atoms with E-state index in [1.54, 1.807) is 11.3 Å². The Morgan fingerprint density at radius 2 is 1.81 bits per heavy atom. The largest absolute Gasteiger partial charge is 0.344 e. The maximum atomic E-state index is 2.61. The van der Waals surface area contributed by atoms with Crippen LogP contribution in [0.25, 0.3) is 10.9 Å². The minimum atomic E-state index is 0.623. The van der Waals surface area contributed by atoms with Gasteiger partial charge < -0.3 is 4.57 Å². The van der Waals surface area contributed by atoms with Crippen molar-refractivity contribution in [3.8, 4) is 0 Å². The van der Waals surface area contributed by atoms with Crippen LogP contribution in [0.4, 0.5) is 0 Å². The molecule has 1 aromatic heterocycles. The molecule has 0 bridgehead atoms. The fourth-order valence-electron chi connectivity index (χ4n) is 4.49. The van der Waals surface area contributed by atoms with Crippen molar-refractivity contribution in [2.75, 3.05) is 6.54 Å². The Labute approximate surface area is 157 Å². The van der Waals surface area contributed by atoms with Crippen LogP contribution in [0.15, 0.2) is 48.5 Å². The molecule has 0 N–H and O–H groups in total. The van der Waals surface area contributed by atoms with Crippen LogP contribution in [0.1, 0.15) is 43.2 Å². The Morgan fingerprint density at radius 1 is 1.00 bits per heavy atom. The molecule has 2 nitrogen and oxygen atoms in total. The van der Waals surface area contributed by atoms with Gasteiger partial charge in [0.15, 0.2) is 0 Å². The lowest BCUT2D eigenvalue weighted by atomic mass is 9.98. The molecule has 2 heteroatoms. The third kappa shape index (κ3) is 3.07. The Kier molecular flexibility index (Phi) is 4.86. The predicted octanol–water partition coefficient (Wildman–Crippen LogP) is 5.21. The first-order valence-electron chi connectivity index (χ1n) is 10.1. The first kappa shape index (κ1) is 17.4. The van der Waals surface area contributed by atoms with Crippen LogP contribution >= 0.6 is 0 Å². The summed E-state index contributed by atoms with van der Waals surface area (Å²) in [5.41, 5.74) is 7.44. The molecule has 0 amide bonds. The van der Waals surface area contributed by atoms with Crippen LogP contribution in [-0.4, -0.2) is 22.1 Å². The number of rotatable bonds is 5. The third-order valence-electron chi connectivity index (χ3n) is 6.11. The van der Waals surface area contributed by atoms with Crippen molar-refractivity contribution < 1.29 is 0 Å². The molecule has 1 atom stereocenters. The fourth-order valence-corrected chi connectivity index (χ4v) is 4.49. The lowest BCUT2D eigenvalue weighted by Crippen LogP contribution is -2.38. The van der Waals surface area contributed by atoms with E-state index in [9.17, 15) is 0 Å². The maximum absolute atomic E-state index is 2.61. The Balaban J connectivity index is 1.77. The topological polar surface area (TPSA) is 8.17 Å². The minimum Gasteiger partial charge on any atom is -0.344 e. The van der Waals surface area contributed by atoms with E-state index in [-0.39, 0.29) is 0 Å². The molecular weight excluding hydrogens is 316 g/mol. The van der Waals surface area contributed by atoms with Gasteiger partial charge >= 0.3 is 0 Å². The highest BCUT2D eigenvalue weighted by Crippen LogP contribution is 2.34. The number of hydrogen-bond donors (Lipinski definition) is 0. The molecule has 2 aromatic carbocycles. The number of aromatic nitrogens is 1. The molecule has 0 fully saturated rings. The molecule has 1 aliphatic rings. The number of benzene rings is 2. The summed E-state index contributed by atoms with van der Waals surface area (Å²) in [6.45, 7) is 10.2. The summed E-state index contributed by atoms with van der Waals surface area (Å²) in [5.74, 6) is 0. The van der Waals surface area contributed by atoms with E-state index in [1.807, 2.05) is 0 Å². The van der Waals surface area contributed by atoms with Gasteiger partial charge in [0.25, 0.3) is 0 Å². The minimum absolute atomic E-state index is 0.623. The number of nitrogens with zero attached hydrogens (tertiary/aromatic N) is 2. The molecular formula is C24H30N2. The smallest absolute Gasteiger partial charge is 0.0486 e. The summed E-state index contributed by atoms with van der Waals surface area (Å²) in [4.78, 5) is 2.61. The number of hydrogen-bond acceptors (Lipinski definition) is 1. The summed E-state index contributed by atoms with van der Waals surface area (Å²) in [7, 11) is 0. The maximum Gasteiger partial charge on any atom is 0.0486 e. The van der Waals surface area contributed by atoms with Gasteiger partial charge in [0.2, 0.25) is 0 Å². The second kappa shape index (κ2) is 7.28. The summed E-state index contributed by atoms with van der Waals surface area (Å²) in [6.07, 6.45) is 3.36. The molecule has 136 valence electrons. The highest BCUT2D eigenvalue weighted by molar-refractivity contribution is 5.86. The monoisotopic (exact) mass is 346 g/mol. The van der Waals surface area contributed by atoms with Crippen molar-refractivity contribution in [3.63, 3.8) is 0 Å². The van der Waals surface area contributed by atoms with Gasteiger partial charge in [-0.3, -0.25) is 4.90 Å². The second-order valence-corrected chi connectivity index (χ2v) is 7.63. The zero-order valence-corrected chi connectivity index (χ0v) is 16.3. The lowest BCUT2D eigenvalue weighted by molar-refractivity contribution is 0.192. The van der Waals surface area contributed by atoms with Crippen LogP contribution in [0, 0.1) is 0 Å². The zero-order chi connectivity index (χ0) is 18.1. The van der Waals surface area contributed by atoms with Crippen LogP contribution in [0.2, 0.25) is 0 Å². The van der Waals surface area contributed by atoms with Crippen LogP contribution in [0.3, 0.4) is 0 Å². The van der Waals surface area contributed by atoms with E-state index in [1.165, 1.54) is 22.0 Å². The van der Waals surface area contributed by atoms with Gasteiger partial charge in [-0.05, 0) is 55.1 Å². The van der Waals surface area contributed by atoms with Crippen molar-refractivity contribution in [3.05, 3.63) is 70.9 Å². The third-order valence-corrected chi connectivity index (χ3v) is 6.11. The van der Waals surface area contributed by atoms with Gasteiger partial charge in [0, 0.05) is 42.1 Å². The summed E-state index contributed by atoms with van der Waals surface area (Å²) in [5, 5.41) is 1.48. The van der Waals surface area contributed by atoms with Gasteiger partial charge in [0.1, 0.15) is 0 Å². The normalized spacial score (nSPS) is 17.6. The molecule has 2 heterocycles. The summed E-state index contributed by atoms with van der Waals surface area (Å²) >= 11 is 0. The van der Waals surface area contributed by atoms with Gasteiger partial charge in [0.05, 0.1) is 0 Å². The summed E-state index contributed by atoms with van der Waals surface area (Å²) < 4.78 is 2.61. The molecule has 0 spiro atoms. The van der Waals surface area contributed by atoms with Gasteiger partial charge in [-0.1, -0.05) is 50.2 Å². The number of aryl methyl sites for hydroxylation is 3. The van der Waals surface area contributed by atoms with Gasteiger partial charge in [-0.15, -0.1) is 0 Å². The van der Waals surface area contributed by atoms with E-state index < -0.39 is 0 Å². The van der Waals surface area contributed by atoms with E-state index >= 15 is 0 Å². The Morgan fingerprint density at radius 3 is 2.54 bits per heavy atom. The average Bonchev–Trinajstić information content (AvgIpc) is 2.98. The molecule has 3 aromatic rings. The van der Waals surface area contributed by atoms with Crippen molar-refractivity contribution in [1.82, 2.24) is 9.47 Å². The molecule has 26 heavy (non-hydrogen) atoms. The first-order valence-corrected chi connectivity index (χ1v) is 10.1. The average molecular weight is 347 g/mol. The highest BCUT2D eigenvalue weighted by atomic mass is 15.2. The SMILES string of the molecule is CCc1ccc2c(c1)c1c(n2CCc2ccccc2)CC(C)N(CC)C1. The van der Waals surface area contributed by atoms with E-state index in [0.29, 0.717) is 6.04 Å². The predicted molar refractivity (Wildman–Crippen MR) is 111 cm³/mol. The van der Waals surface area contributed by atoms with Crippen LogP contribution < -0.4 is 0 Å². The molecule has 0 saturated carbocycles. The standard InChI is InChI=1S/C24H30N2/c1-4-19-11-12-23-21(16-19)22-17-25(5-2)18(3)15-24(22)26(23)14-13-20-9-7-6-8-10-20/h6-12,16,18H,4-5,13-15,17H2,1-3H3. The molecule has 1 unspecified atom stereocenters. The Bertz CT molecular complexity index is 891. The molecule has 0 saturated heterocycles. The zero-order valence-electron chi connectivity index (χ0n) is 16.3. The molecule has 0 radical (unpaired) electrons. The van der Waals surface area contributed by atoms with Crippen molar-refractivity contribution in [1.29, 1.82) is 0 Å². The van der Waals surface area contributed by atoms with Crippen LogP contribution in [0.5, 0.6) is 0 Å². The quantitative estimate of drug-likeness (QED) is 0.615. The van der Waals surface area contributed by atoms with Gasteiger partial charge in [-0.25, -0.2) is 0 Å². The van der Waals surface area contributed by atoms with Gasteiger partial charge in [-0.2, -0.15) is 0 Å². The van der Waals surface area contributed by atoms with Crippen molar-refractivity contribution in [2.45, 2.75) is 59.2 Å². The molecule has 1 aliphatic heterocycles. The highest BCUT2D eigenvalue weighted by Gasteiger charge is 2.27.